The van der Waals surface area contributed by atoms with Crippen LogP contribution in [0.25, 0.3) is 0 Å². The number of esters is 3. The molecule has 66 heavy (non-hydrogen) atoms. The highest BCUT2D eigenvalue weighted by molar-refractivity contribution is 5.71. The number of carbonyl (C=O) groups is 3. The maximum atomic E-state index is 12.8. The number of hydrogen-bond acceptors (Lipinski definition) is 6. The SMILES string of the molecule is CC/C=C/C=C/C=C/CCCCCCCC(=O)OCC(COC(=O)CCCCCCCCCCC/C=C/C/C=C/C/C=C/CC)OC(=O)CCCCCCCC/C=C/C/C=C/C/C=C/CC. The van der Waals surface area contributed by atoms with Crippen molar-refractivity contribution in [3.63, 3.8) is 0 Å². The molecule has 0 aliphatic heterocycles. The molecule has 1 unspecified atom stereocenters. The predicted octanol–water partition coefficient (Wildman–Crippen LogP) is 17.9. The molecule has 0 fully saturated rings. The summed E-state index contributed by atoms with van der Waals surface area (Å²) in [4.78, 5) is 38.1. The molecule has 6 heteroatoms. The number of ether oxygens (including phenoxy) is 3. The zero-order valence-electron chi connectivity index (χ0n) is 42.7. The molecule has 0 aromatic carbocycles. The van der Waals surface area contributed by atoms with E-state index in [2.05, 4.69) is 130 Å². The fourth-order valence-corrected chi connectivity index (χ4v) is 7.12. The van der Waals surface area contributed by atoms with Crippen LogP contribution in [-0.4, -0.2) is 37.2 Å². The summed E-state index contributed by atoms with van der Waals surface area (Å²) in [6, 6.07) is 0. The summed E-state index contributed by atoms with van der Waals surface area (Å²) in [5, 5.41) is 0. The van der Waals surface area contributed by atoms with Crippen molar-refractivity contribution in [2.45, 2.75) is 239 Å². The van der Waals surface area contributed by atoms with Gasteiger partial charge in [0.15, 0.2) is 6.10 Å². The van der Waals surface area contributed by atoms with Gasteiger partial charge in [-0.05, 0) is 103 Å². The lowest BCUT2D eigenvalue weighted by Gasteiger charge is -2.18. The molecule has 0 aliphatic rings. The monoisotopic (exact) mass is 915 g/mol. The van der Waals surface area contributed by atoms with E-state index in [0.717, 1.165) is 135 Å². The first-order chi connectivity index (χ1) is 32.5. The number of carbonyl (C=O) groups excluding carboxylic acids is 3. The van der Waals surface area contributed by atoms with E-state index in [1.807, 2.05) is 0 Å². The Hall–Kier alpha value is -3.93. The Kier molecular flexibility index (Phi) is 50.5. The van der Waals surface area contributed by atoms with Gasteiger partial charge in [-0.15, -0.1) is 0 Å². The van der Waals surface area contributed by atoms with Gasteiger partial charge in [0.25, 0.3) is 0 Å². The Labute approximate surface area is 406 Å². The van der Waals surface area contributed by atoms with Crippen LogP contribution in [0.4, 0.5) is 0 Å². The van der Waals surface area contributed by atoms with E-state index in [-0.39, 0.29) is 31.1 Å². The van der Waals surface area contributed by atoms with Crippen LogP contribution in [0.2, 0.25) is 0 Å². The minimum absolute atomic E-state index is 0.0949. The van der Waals surface area contributed by atoms with Crippen molar-refractivity contribution in [2.24, 2.45) is 0 Å². The zero-order valence-corrected chi connectivity index (χ0v) is 42.7. The molecule has 0 aromatic rings. The van der Waals surface area contributed by atoms with Gasteiger partial charge in [0.05, 0.1) is 0 Å². The van der Waals surface area contributed by atoms with Crippen molar-refractivity contribution in [3.05, 3.63) is 109 Å². The first kappa shape index (κ1) is 62.1. The van der Waals surface area contributed by atoms with Crippen LogP contribution in [-0.2, 0) is 28.6 Å². The van der Waals surface area contributed by atoms with E-state index in [1.165, 1.54) is 57.8 Å². The molecule has 0 bridgehead atoms. The molecular formula is C60H98O6. The molecule has 0 saturated heterocycles. The minimum atomic E-state index is -0.798. The van der Waals surface area contributed by atoms with E-state index in [9.17, 15) is 14.4 Å². The third-order valence-corrected chi connectivity index (χ3v) is 11.1. The molecule has 0 saturated carbocycles. The third kappa shape index (κ3) is 51.1. The highest BCUT2D eigenvalue weighted by atomic mass is 16.6. The topological polar surface area (TPSA) is 78.9 Å². The Morgan fingerprint density at radius 1 is 0.318 bits per heavy atom. The van der Waals surface area contributed by atoms with Gasteiger partial charge in [-0.25, -0.2) is 0 Å². The Morgan fingerprint density at radius 2 is 0.621 bits per heavy atom. The van der Waals surface area contributed by atoms with Crippen LogP contribution in [0, 0.1) is 0 Å². The second kappa shape index (κ2) is 53.7. The smallest absolute Gasteiger partial charge is 0.306 e. The van der Waals surface area contributed by atoms with E-state index in [4.69, 9.17) is 14.2 Å². The maximum Gasteiger partial charge on any atom is 0.306 e. The Bertz CT molecular complexity index is 1370. The highest BCUT2D eigenvalue weighted by Crippen LogP contribution is 2.14. The molecule has 0 aliphatic carbocycles. The Morgan fingerprint density at radius 3 is 1.02 bits per heavy atom. The van der Waals surface area contributed by atoms with Gasteiger partial charge >= 0.3 is 17.9 Å². The number of hydrogen-bond donors (Lipinski definition) is 0. The van der Waals surface area contributed by atoms with E-state index < -0.39 is 6.10 Å². The lowest BCUT2D eigenvalue weighted by molar-refractivity contribution is -0.167. The maximum absolute atomic E-state index is 12.8. The summed E-state index contributed by atoms with van der Waals surface area (Å²) < 4.78 is 16.8. The van der Waals surface area contributed by atoms with Gasteiger partial charge in [-0.2, -0.15) is 0 Å². The van der Waals surface area contributed by atoms with Crippen molar-refractivity contribution in [2.75, 3.05) is 13.2 Å². The second-order valence-electron chi connectivity index (χ2n) is 17.4. The minimum Gasteiger partial charge on any atom is -0.462 e. The standard InChI is InChI=1S/C60H98O6/c1-4-7-10-13-16-19-22-25-27-29-30-31-33-35-38-41-44-47-50-53-59(62)65-56-57(55-64-58(61)52-49-46-43-40-37-34-24-21-18-15-12-9-6-3)66-60(63)54-51-48-45-42-39-36-32-28-26-23-20-17-14-11-8-5-2/h7-12,15-21,24-28,57H,4-6,13-14,22-23,29-56H2,1-3H3/b10-7+,11-8+,12-9+,18-15+,19-16+,20-17+,24-21+,27-25+,28-26+. The largest absolute Gasteiger partial charge is 0.462 e. The van der Waals surface area contributed by atoms with Gasteiger partial charge in [-0.3, -0.25) is 14.4 Å². The van der Waals surface area contributed by atoms with Gasteiger partial charge in [0.2, 0.25) is 0 Å². The van der Waals surface area contributed by atoms with Gasteiger partial charge in [-0.1, -0.05) is 220 Å². The normalized spacial score (nSPS) is 13.0. The van der Waals surface area contributed by atoms with Crippen molar-refractivity contribution in [1.29, 1.82) is 0 Å². The van der Waals surface area contributed by atoms with E-state index in [0.29, 0.717) is 19.3 Å². The van der Waals surface area contributed by atoms with Gasteiger partial charge in [0, 0.05) is 19.3 Å². The Balaban J connectivity index is 4.42. The quantitative estimate of drug-likeness (QED) is 0.0199. The number of unbranched alkanes of at least 4 members (excludes halogenated alkanes) is 20. The lowest BCUT2D eigenvalue weighted by atomic mass is 10.1. The van der Waals surface area contributed by atoms with Crippen molar-refractivity contribution in [1.82, 2.24) is 0 Å². The molecule has 0 radical (unpaired) electrons. The molecule has 1 atom stereocenters. The molecule has 0 rings (SSSR count). The molecule has 6 nitrogen and oxygen atoms in total. The van der Waals surface area contributed by atoms with E-state index >= 15 is 0 Å². The summed E-state index contributed by atoms with van der Waals surface area (Å²) in [7, 11) is 0. The molecule has 0 amide bonds. The first-order valence-corrected chi connectivity index (χ1v) is 26.9. The fourth-order valence-electron chi connectivity index (χ4n) is 7.12. The average Bonchev–Trinajstić information content (AvgIpc) is 3.31. The molecular weight excluding hydrogens is 817 g/mol. The van der Waals surface area contributed by atoms with Gasteiger partial charge < -0.3 is 14.2 Å². The van der Waals surface area contributed by atoms with E-state index in [1.54, 1.807) is 0 Å². The number of allylic oxidation sites excluding steroid dienone is 18. The average molecular weight is 915 g/mol. The van der Waals surface area contributed by atoms with Crippen LogP contribution >= 0.6 is 0 Å². The molecule has 0 N–H and O–H groups in total. The fraction of sp³-hybridized carbons (Fsp3) is 0.650. The van der Waals surface area contributed by atoms with Gasteiger partial charge in [0.1, 0.15) is 13.2 Å². The van der Waals surface area contributed by atoms with Crippen LogP contribution < -0.4 is 0 Å². The summed E-state index contributed by atoms with van der Waals surface area (Å²) in [5.74, 6) is -0.937. The lowest BCUT2D eigenvalue weighted by Crippen LogP contribution is -2.30. The van der Waals surface area contributed by atoms with Crippen molar-refractivity contribution < 1.29 is 28.6 Å². The molecule has 0 spiro atoms. The predicted molar refractivity (Wildman–Crippen MR) is 283 cm³/mol. The van der Waals surface area contributed by atoms with Crippen LogP contribution in [0.5, 0.6) is 0 Å². The molecule has 0 aromatic heterocycles. The second-order valence-corrected chi connectivity index (χ2v) is 17.4. The summed E-state index contributed by atoms with van der Waals surface area (Å²) >= 11 is 0. The highest BCUT2D eigenvalue weighted by Gasteiger charge is 2.19. The third-order valence-electron chi connectivity index (χ3n) is 11.1. The van der Waals surface area contributed by atoms with Crippen LogP contribution in [0.1, 0.15) is 233 Å². The van der Waals surface area contributed by atoms with Crippen LogP contribution in [0.15, 0.2) is 109 Å². The van der Waals surface area contributed by atoms with Crippen molar-refractivity contribution >= 4 is 17.9 Å². The zero-order chi connectivity index (χ0) is 47.9. The summed E-state index contributed by atoms with van der Waals surface area (Å²) in [6.07, 6.45) is 72.1. The number of rotatable bonds is 47. The molecule has 374 valence electrons. The first-order valence-electron chi connectivity index (χ1n) is 26.9. The van der Waals surface area contributed by atoms with Crippen molar-refractivity contribution in [3.8, 4) is 0 Å². The van der Waals surface area contributed by atoms with Crippen LogP contribution in [0.3, 0.4) is 0 Å². The molecule has 0 heterocycles. The summed E-state index contributed by atoms with van der Waals surface area (Å²) in [6.45, 7) is 6.25. The summed E-state index contributed by atoms with van der Waals surface area (Å²) in [5.41, 5.74) is 0.